The molecule has 2 saturated heterocycles. The molecule has 17 heavy (non-hydrogen) atoms. The highest BCUT2D eigenvalue weighted by Gasteiger charge is 2.51. The van der Waals surface area contributed by atoms with Crippen molar-refractivity contribution >= 4 is 11.8 Å². The Morgan fingerprint density at radius 1 is 1.12 bits per heavy atom. The Morgan fingerprint density at radius 3 is 2.35 bits per heavy atom. The number of likely N-dealkylation sites (tertiary alicyclic amines) is 1. The number of piperidine rings is 1. The van der Waals surface area contributed by atoms with Crippen LogP contribution in [0, 0.1) is 11.8 Å². The number of amides is 2. The first-order valence-electron chi connectivity index (χ1n) is 6.79. The molecule has 2 heterocycles. The zero-order valence-electron chi connectivity index (χ0n) is 10.3. The first-order chi connectivity index (χ1) is 8.18. The minimum absolute atomic E-state index is 0.0210. The number of hydrogen-bond donors (Lipinski definition) is 1. The van der Waals surface area contributed by atoms with Crippen LogP contribution in [0.1, 0.15) is 39.0 Å². The molecule has 94 valence electrons. The van der Waals surface area contributed by atoms with E-state index in [0.717, 1.165) is 38.6 Å². The smallest absolute Gasteiger partial charge is 0.233 e. The van der Waals surface area contributed by atoms with Gasteiger partial charge in [-0.15, -0.1) is 0 Å². The standard InChI is InChI=1S/C13H20N2O2/c1-8-7-9(5-6-14-8)15-12(16)10-3-2-4-11(10)13(15)17/h8-11,14H,2-7H2,1H3. The van der Waals surface area contributed by atoms with Crippen LogP contribution in [-0.2, 0) is 9.59 Å². The molecule has 0 radical (unpaired) electrons. The zero-order chi connectivity index (χ0) is 12.0. The Kier molecular flexibility index (Phi) is 2.69. The maximum Gasteiger partial charge on any atom is 0.233 e. The molecule has 4 heteroatoms. The van der Waals surface area contributed by atoms with Gasteiger partial charge in [0, 0.05) is 12.1 Å². The van der Waals surface area contributed by atoms with E-state index in [0.29, 0.717) is 6.04 Å². The van der Waals surface area contributed by atoms with Crippen molar-refractivity contribution in [2.45, 2.75) is 51.1 Å². The van der Waals surface area contributed by atoms with E-state index in [9.17, 15) is 9.59 Å². The topological polar surface area (TPSA) is 49.4 Å². The van der Waals surface area contributed by atoms with Gasteiger partial charge in [-0.05, 0) is 39.2 Å². The molecule has 1 aliphatic carbocycles. The highest BCUT2D eigenvalue weighted by Crippen LogP contribution is 2.41. The van der Waals surface area contributed by atoms with Gasteiger partial charge in [0.2, 0.25) is 11.8 Å². The van der Waals surface area contributed by atoms with Gasteiger partial charge in [0.1, 0.15) is 0 Å². The average molecular weight is 236 g/mol. The summed E-state index contributed by atoms with van der Waals surface area (Å²) in [6.07, 6.45) is 4.72. The SMILES string of the molecule is CC1CC(N2C(=O)C3CCCC3C2=O)CCN1. The lowest BCUT2D eigenvalue weighted by Crippen LogP contribution is -2.49. The van der Waals surface area contributed by atoms with Crippen molar-refractivity contribution < 1.29 is 9.59 Å². The number of carbonyl (C=O) groups is 2. The largest absolute Gasteiger partial charge is 0.314 e. The van der Waals surface area contributed by atoms with E-state index in [-0.39, 0.29) is 29.7 Å². The Hall–Kier alpha value is -0.900. The fourth-order valence-electron chi connectivity index (χ4n) is 3.72. The Bertz CT molecular complexity index is 333. The van der Waals surface area contributed by atoms with Crippen LogP contribution in [0.15, 0.2) is 0 Å². The molecule has 0 aromatic carbocycles. The van der Waals surface area contributed by atoms with Gasteiger partial charge in [0.05, 0.1) is 11.8 Å². The Balaban J connectivity index is 1.79. The normalized spacial score (nSPS) is 42.1. The third-order valence-electron chi connectivity index (χ3n) is 4.59. The van der Waals surface area contributed by atoms with E-state index >= 15 is 0 Å². The number of carbonyl (C=O) groups excluding carboxylic acids is 2. The summed E-state index contributed by atoms with van der Waals surface area (Å²) in [6, 6.07) is 0.562. The van der Waals surface area contributed by atoms with Crippen LogP contribution < -0.4 is 5.32 Å². The van der Waals surface area contributed by atoms with Crippen molar-refractivity contribution in [1.82, 2.24) is 10.2 Å². The van der Waals surface area contributed by atoms with Crippen LogP contribution in [0.5, 0.6) is 0 Å². The minimum atomic E-state index is 0.0210. The lowest BCUT2D eigenvalue weighted by atomic mass is 9.99. The third-order valence-corrected chi connectivity index (χ3v) is 4.59. The molecule has 2 amide bonds. The monoisotopic (exact) mass is 236 g/mol. The number of nitrogens with zero attached hydrogens (tertiary/aromatic N) is 1. The number of fused-ring (bicyclic) bond motifs is 1. The molecule has 4 nitrogen and oxygen atoms in total. The second-order valence-electron chi connectivity index (χ2n) is 5.72. The van der Waals surface area contributed by atoms with Crippen LogP contribution in [0.25, 0.3) is 0 Å². The minimum Gasteiger partial charge on any atom is -0.314 e. The van der Waals surface area contributed by atoms with Gasteiger partial charge in [0.15, 0.2) is 0 Å². The molecule has 0 bridgehead atoms. The molecule has 0 aromatic rings. The lowest BCUT2D eigenvalue weighted by molar-refractivity contribution is -0.143. The van der Waals surface area contributed by atoms with Crippen molar-refractivity contribution in [1.29, 1.82) is 0 Å². The first kappa shape index (κ1) is 11.2. The van der Waals surface area contributed by atoms with E-state index in [1.807, 2.05) is 0 Å². The van der Waals surface area contributed by atoms with Crippen LogP contribution in [0.3, 0.4) is 0 Å². The molecule has 0 spiro atoms. The van der Waals surface area contributed by atoms with Crippen LogP contribution in [0.4, 0.5) is 0 Å². The van der Waals surface area contributed by atoms with Crippen LogP contribution >= 0.6 is 0 Å². The van der Waals surface area contributed by atoms with E-state index in [1.54, 1.807) is 4.90 Å². The van der Waals surface area contributed by atoms with Crippen molar-refractivity contribution in [3.8, 4) is 0 Å². The highest BCUT2D eigenvalue weighted by molar-refractivity contribution is 6.05. The average Bonchev–Trinajstić information content (AvgIpc) is 2.84. The molecular weight excluding hydrogens is 216 g/mol. The van der Waals surface area contributed by atoms with E-state index in [4.69, 9.17) is 0 Å². The number of imide groups is 1. The number of hydrogen-bond acceptors (Lipinski definition) is 3. The Morgan fingerprint density at radius 2 is 1.76 bits per heavy atom. The van der Waals surface area contributed by atoms with Gasteiger partial charge >= 0.3 is 0 Å². The number of rotatable bonds is 1. The predicted octanol–water partition coefficient (Wildman–Crippen LogP) is 0.912. The summed E-state index contributed by atoms with van der Waals surface area (Å²) < 4.78 is 0. The molecule has 3 rings (SSSR count). The predicted molar refractivity (Wildman–Crippen MR) is 63.2 cm³/mol. The molecule has 1 saturated carbocycles. The van der Waals surface area contributed by atoms with Gasteiger partial charge in [-0.1, -0.05) is 6.42 Å². The third kappa shape index (κ3) is 1.69. The van der Waals surface area contributed by atoms with Crippen molar-refractivity contribution in [2.75, 3.05) is 6.54 Å². The first-order valence-corrected chi connectivity index (χ1v) is 6.79. The summed E-state index contributed by atoms with van der Waals surface area (Å²) in [5.41, 5.74) is 0. The molecule has 3 aliphatic rings. The Labute approximate surface area is 102 Å². The second-order valence-corrected chi connectivity index (χ2v) is 5.72. The van der Waals surface area contributed by atoms with E-state index in [1.165, 1.54) is 0 Å². The second kappa shape index (κ2) is 4.09. The molecule has 3 fully saturated rings. The molecule has 2 aliphatic heterocycles. The molecule has 4 atom stereocenters. The van der Waals surface area contributed by atoms with Gasteiger partial charge < -0.3 is 5.32 Å². The van der Waals surface area contributed by atoms with Gasteiger partial charge in [-0.3, -0.25) is 14.5 Å². The highest BCUT2D eigenvalue weighted by atomic mass is 16.2. The fraction of sp³-hybridized carbons (Fsp3) is 0.846. The van der Waals surface area contributed by atoms with Gasteiger partial charge in [-0.25, -0.2) is 0 Å². The van der Waals surface area contributed by atoms with Crippen LogP contribution in [-0.4, -0.2) is 35.3 Å². The number of nitrogens with one attached hydrogen (secondary N) is 1. The van der Waals surface area contributed by atoms with Crippen LogP contribution in [0.2, 0.25) is 0 Å². The summed E-state index contributed by atoms with van der Waals surface area (Å²) in [4.78, 5) is 26.2. The van der Waals surface area contributed by atoms with Gasteiger partial charge in [0.25, 0.3) is 0 Å². The van der Waals surface area contributed by atoms with Crippen molar-refractivity contribution in [2.24, 2.45) is 11.8 Å². The van der Waals surface area contributed by atoms with E-state index < -0.39 is 0 Å². The van der Waals surface area contributed by atoms with Crippen molar-refractivity contribution in [3.63, 3.8) is 0 Å². The summed E-state index contributed by atoms with van der Waals surface area (Å²) in [5.74, 6) is 0.286. The summed E-state index contributed by atoms with van der Waals surface area (Å²) >= 11 is 0. The maximum atomic E-state index is 12.3. The molecule has 4 unspecified atom stereocenters. The van der Waals surface area contributed by atoms with Crippen molar-refractivity contribution in [3.05, 3.63) is 0 Å². The van der Waals surface area contributed by atoms with Gasteiger partial charge in [-0.2, -0.15) is 0 Å². The fourth-order valence-corrected chi connectivity index (χ4v) is 3.72. The summed E-state index contributed by atoms with van der Waals surface area (Å²) in [6.45, 7) is 3.04. The molecule has 0 aromatic heterocycles. The quantitative estimate of drug-likeness (QED) is 0.689. The molecular formula is C13H20N2O2. The van der Waals surface area contributed by atoms with E-state index in [2.05, 4.69) is 12.2 Å². The summed E-state index contributed by atoms with van der Waals surface area (Å²) in [5, 5.41) is 3.37. The molecule has 1 N–H and O–H groups in total. The lowest BCUT2D eigenvalue weighted by Gasteiger charge is -2.34. The zero-order valence-corrected chi connectivity index (χ0v) is 10.3. The summed E-state index contributed by atoms with van der Waals surface area (Å²) in [7, 11) is 0. The maximum absolute atomic E-state index is 12.3.